The van der Waals surface area contributed by atoms with Gasteiger partial charge in [-0.15, -0.1) is 0 Å². The van der Waals surface area contributed by atoms with Gasteiger partial charge in [-0.3, -0.25) is 20.3 Å². The van der Waals surface area contributed by atoms with Crippen molar-refractivity contribution in [1.29, 1.82) is 0 Å². The van der Waals surface area contributed by atoms with Crippen molar-refractivity contribution in [1.82, 2.24) is 25.9 Å². The fourth-order valence-electron chi connectivity index (χ4n) is 2.89. The molecule has 1 aromatic heterocycles. The standard InChI is InChI=1S/C15H24BrN5OS/c1-8-6-5-7-11(9(8)2)17-15(23)19-18-14(22)13-12(16)10(3)21(4)20-13/h8-9,11H,5-7H2,1-4H3,(H,18,22)(H2,17,19,23)/t8-,9+,11-/m1/s1. The van der Waals surface area contributed by atoms with Gasteiger partial charge in [-0.1, -0.05) is 26.7 Å². The highest BCUT2D eigenvalue weighted by Gasteiger charge is 2.27. The second-order valence-electron chi connectivity index (χ2n) is 6.30. The molecule has 1 saturated carbocycles. The first-order valence-electron chi connectivity index (χ1n) is 7.87. The van der Waals surface area contributed by atoms with Crippen LogP contribution in [0, 0.1) is 18.8 Å². The van der Waals surface area contributed by atoms with Gasteiger partial charge in [0.05, 0.1) is 10.2 Å². The molecule has 1 amide bonds. The molecule has 0 spiro atoms. The number of hydrogen-bond donors (Lipinski definition) is 3. The van der Waals surface area contributed by atoms with Gasteiger partial charge in [0.25, 0.3) is 5.91 Å². The summed E-state index contributed by atoms with van der Waals surface area (Å²) in [5, 5.41) is 7.92. The molecule has 6 nitrogen and oxygen atoms in total. The van der Waals surface area contributed by atoms with Crippen molar-refractivity contribution in [2.24, 2.45) is 18.9 Å². The maximum absolute atomic E-state index is 12.2. The zero-order valence-corrected chi connectivity index (χ0v) is 16.3. The van der Waals surface area contributed by atoms with Crippen molar-refractivity contribution in [3.8, 4) is 0 Å². The molecular weight excluding hydrogens is 378 g/mol. The Morgan fingerprint density at radius 3 is 2.65 bits per heavy atom. The van der Waals surface area contributed by atoms with E-state index in [1.165, 1.54) is 12.8 Å². The molecule has 0 aliphatic heterocycles. The fraction of sp³-hybridized carbons (Fsp3) is 0.667. The molecule has 3 atom stereocenters. The molecule has 2 rings (SSSR count). The number of amides is 1. The van der Waals surface area contributed by atoms with Crippen molar-refractivity contribution >= 4 is 39.2 Å². The molecule has 0 unspecified atom stereocenters. The number of carbonyl (C=O) groups is 1. The number of carbonyl (C=O) groups excluding carboxylic acids is 1. The Morgan fingerprint density at radius 2 is 2.04 bits per heavy atom. The van der Waals surface area contributed by atoms with Crippen LogP contribution in [0.3, 0.4) is 0 Å². The van der Waals surface area contributed by atoms with E-state index in [1.54, 1.807) is 11.7 Å². The molecule has 0 bridgehead atoms. The minimum atomic E-state index is -0.324. The van der Waals surface area contributed by atoms with E-state index in [4.69, 9.17) is 12.2 Å². The number of thiocarbonyl (C=S) groups is 1. The number of rotatable bonds is 2. The van der Waals surface area contributed by atoms with Crippen LogP contribution in [0.5, 0.6) is 0 Å². The van der Waals surface area contributed by atoms with Gasteiger partial charge in [0.2, 0.25) is 0 Å². The number of nitrogens with zero attached hydrogens (tertiary/aromatic N) is 2. The zero-order chi connectivity index (χ0) is 17.1. The molecule has 1 aromatic rings. The lowest BCUT2D eigenvalue weighted by Crippen LogP contribution is -2.52. The largest absolute Gasteiger partial charge is 0.358 e. The van der Waals surface area contributed by atoms with Crippen molar-refractivity contribution < 1.29 is 4.79 Å². The number of aryl methyl sites for hydroxylation is 1. The highest BCUT2D eigenvalue weighted by Crippen LogP contribution is 2.29. The van der Waals surface area contributed by atoms with Crippen molar-refractivity contribution in [2.75, 3.05) is 0 Å². The van der Waals surface area contributed by atoms with Crippen LogP contribution in [-0.2, 0) is 7.05 Å². The molecule has 1 aliphatic rings. The van der Waals surface area contributed by atoms with E-state index in [0.717, 1.165) is 12.1 Å². The van der Waals surface area contributed by atoms with E-state index in [2.05, 4.69) is 51.0 Å². The van der Waals surface area contributed by atoms with Gasteiger partial charge >= 0.3 is 0 Å². The average molecular weight is 402 g/mol. The predicted octanol–water partition coefficient (Wildman–Crippen LogP) is 2.42. The maximum Gasteiger partial charge on any atom is 0.291 e. The minimum Gasteiger partial charge on any atom is -0.358 e. The summed E-state index contributed by atoms with van der Waals surface area (Å²) < 4.78 is 2.34. The second kappa shape index (κ2) is 7.61. The third-order valence-electron chi connectivity index (χ3n) is 4.79. The third kappa shape index (κ3) is 4.23. The molecule has 8 heteroatoms. The lowest BCUT2D eigenvalue weighted by atomic mass is 9.78. The summed E-state index contributed by atoms with van der Waals surface area (Å²) in [6.45, 7) is 6.41. The second-order valence-corrected chi connectivity index (χ2v) is 7.50. The molecule has 23 heavy (non-hydrogen) atoms. The van der Waals surface area contributed by atoms with Gasteiger partial charge < -0.3 is 5.32 Å². The highest BCUT2D eigenvalue weighted by atomic mass is 79.9. The van der Waals surface area contributed by atoms with Crippen LogP contribution in [-0.4, -0.2) is 26.8 Å². The number of aromatic nitrogens is 2. The summed E-state index contributed by atoms with van der Waals surface area (Å²) >= 11 is 8.67. The van der Waals surface area contributed by atoms with E-state index in [-0.39, 0.29) is 5.91 Å². The predicted molar refractivity (Wildman–Crippen MR) is 97.9 cm³/mol. The zero-order valence-electron chi connectivity index (χ0n) is 13.9. The Labute approximate surface area is 150 Å². The quantitative estimate of drug-likeness (QED) is 0.524. The van der Waals surface area contributed by atoms with Crippen molar-refractivity contribution in [3.63, 3.8) is 0 Å². The number of hydrogen-bond acceptors (Lipinski definition) is 3. The molecule has 0 radical (unpaired) electrons. The highest BCUT2D eigenvalue weighted by molar-refractivity contribution is 9.10. The van der Waals surface area contributed by atoms with Gasteiger partial charge in [0.1, 0.15) is 0 Å². The monoisotopic (exact) mass is 401 g/mol. The summed E-state index contributed by atoms with van der Waals surface area (Å²) in [6.07, 6.45) is 3.58. The maximum atomic E-state index is 12.2. The Hall–Kier alpha value is -1.15. The summed E-state index contributed by atoms with van der Waals surface area (Å²) in [6, 6.07) is 0.347. The van der Waals surface area contributed by atoms with Crippen LogP contribution >= 0.6 is 28.1 Å². The third-order valence-corrected chi connectivity index (χ3v) is 5.96. The van der Waals surface area contributed by atoms with E-state index < -0.39 is 0 Å². The number of nitrogens with one attached hydrogen (secondary N) is 3. The Kier molecular flexibility index (Phi) is 6.02. The Morgan fingerprint density at radius 1 is 1.35 bits per heavy atom. The van der Waals surface area contributed by atoms with Crippen LogP contribution in [0.4, 0.5) is 0 Å². The van der Waals surface area contributed by atoms with Gasteiger partial charge in [0.15, 0.2) is 10.8 Å². The summed E-state index contributed by atoms with van der Waals surface area (Å²) in [5.74, 6) is 0.924. The summed E-state index contributed by atoms with van der Waals surface area (Å²) in [5.41, 5.74) is 6.59. The Balaban J connectivity index is 1.86. The lowest BCUT2D eigenvalue weighted by Gasteiger charge is -2.35. The van der Waals surface area contributed by atoms with E-state index >= 15 is 0 Å². The normalized spacial score (nSPS) is 24.1. The van der Waals surface area contributed by atoms with Gasteiger partial charge in [-0.2, -0.15) is 5.10 Å². The molecular formula is C15H24BrN5OS. The van der Waals surface area contributed by atoms with Crippen LogP contribution < -0.4 is 16.2 Å². The molecule has 0 saturated heterocycles. The molecule has 3 N–H and O–H groups in total. The van der Waals surface area contributed by atoms with Gasteiger partial charge in [-0.25, -0.2) is 0 Å². The molecule has 0 aromatic carbocycles. The minimum absolute atomic E-state index is 0.324. The van der Waals surface area contributed by atoms with E-state index in [1.807, 2.05) is 6.92 Å². The number of halogens is 1. The van der Waals surface area contributed by atoms with Crippen molar-refractivity contribution in [3.05, 3.63) is 15.9 Å². The summed E-state index contributed by atoms with van der Waals surface area (Å²) in [4.78, 5) is 12.2. The molecule has 128 valence electrons. The van der Waals surface area contributed by atoms with Crippen LogP contribution in [0.15, 0.2) is 4.47 Å². The first kappa shape index (κ1) is 18.2. The summed E-state index contributed by atoms with van der Waals surface area (Å²) in [7, 11) is 1.79. The first-order chi connectivity index (χ1) is 10.8. The van der Waals surface area contributed by atoms with E-state index in [0.29, 0.717) is 33.2 Å². The molecule has 1 heterocycles. The van der Waals surface area contributed by atoms with Gasteiger partial charge in [-0.05, 0) is 53.3 Å². The van der Waals surface area contributed by atoms with Gasteiger partial charge in [0, 0.05) is 13.1 Å². The fourth-order valence-corrected chi connectivity index (χ4v) is 3.61. The Bertz CT molecular complexity index is 603. The average Bonchev–Trinajstić information content (AvgIpc) is 2.77. The number of hydrazine groups is 1. The molecule has 1 aliphatic carbocycles. The smallest absolute Gasteiger partial charge is 0.291 e. The molecule has 1 fully saturated rings. The first-order valence-corrected chi connectivity index (χ1v) is 9.07. The topological polar surface area (TPSA) is 71.0 Å². The van der Waals surface area contributed by atoms with Crippen LogP contribution in [0.25, 0.3) is 0 Å². The van der Waals surface area contributed by atoms with Crippen LogP contribution in [0.2, 0.25) is 0 Å². The SMILES string of the molecule is Cc1c(Br)c(C(=O)NNC(=S)N[C@@H]2CCC[C@@H](C)[C@@H]2C)nn1C. The lowest BCUT2D eigenvalue weighted by molar-refractivity contribution is 0.0936. The van der Waals surface area contributed by atoms with Crippen molar-refractivity contribution in [2.45, 2.75) is 46.1 Å². The van der Waals surface area contributed by atoms with E-state index in [9.17, 15) is 4.79 Å². The van der Waals surface area contributed by atoms with Crippen LogP contribution in [0.1, 0.15) is 49.3 Å².